The maximum absolute atomic E-state index is 15.0. The van der Waals surface area contributed by atoms with Crippen LogP contribution in [0.4, 0.5) is 4.39 Å². The number of hydrogen-bond acceptors (Lipinski definition) is 5. The summed E-state index contributed by atoms with van der Waals surface area (Å²) in [5, 5.41) is 24.4. The maximum Gasteiger partial charge on any atom is 0.252 e. The normalized spacial score (nSPS) is 12.9. The van der Waals surface area contributed by atoms with E-state index in [4.69, 9.17) is 16.3 Å². The Hall–Kier alpha value is -3.53. The van der Waals surface area contributed by atoms with Gasteiger partial charge in [0, 0.05) is 35.7 Å². The Morgan fingerprint density at radius 2 is 2.06 bits per heavy atom. The standard InChI is InChI=1S/C24H23ClFN5O3/c1-34-22(14-32)21(13-31-11-3-10-27-31)28-24(33)17-4-2-5-18(26)23(17)20-12-19(29-30-20)15-6-8-16(25)9-7-15/h2-12,21-22,32H,13-14H2,1H3,(H,28,33)(H,29,30)/t21-,22-/m1/s1. The lowest BCUT2D eigenvalue weighted by Gasteiger charge is -2.26. The van der Waals surface area contributed by atoms with Gasteiger partial charge in [0.15, 0.2) is 0 Å². The van der Waals surface area contributed by atoms with E-state index in [1.54, 1.807) is 53.5 Å². The van der Waals surface area contributed by atoms with Gasteiger partial charge in [0.05, 0.1) is 36.1 Å². The number of nitrogens with zero attached hydrogens (tertiary/aromatic N) is 3. The number of aromatic amines is 1. The minimum Gasteiger partial charge on any atom is -0.394 e. The van der Waals surface area contributed by atoms with Crippen LogP contribution in [0.25, 0.3) is 22.5 Å². The minimum atomic E-state index is -0.686. The van der Waals surface area contributed by atoms with Crippen LogP contribution in [0.2, 0.25) is 5.02 Å². The first-order chi connectivity index (χ1) is 16.5. The Kier molecular flexibility index (Phi) is 7.36. The van der Waals surface area contributed by atoms with E-state index in [-0.39, 0.29) is 24.3 Å². The monoisotopic (exact) mass is 483 g/mol. The number of aliphatic hydroxyl groups excluding tert-OH is 1. The van der Waals surface area contributed by atoms with Crippen LogP contribution < -0.4 is 5.32 Å². The molecule has 34 heavy (non-hydrogen) atoms. The van der Waals surface area contributed by atoms with Gasteiger partial charge in [-0.2, -0.15) is 10.2 Å². The average Bonchev–Trinajstić information content (AvgIpc) is 3.52. The highest BCUT2D eigenvalue weighted by molar-refractivity contribution is 6.30. The third-order valence-electron chi connectivity index (χ3n) is 5.44. The van der Waals surface area contributed by atoms with Crippen molar-refractivity contribution < 1.29 is 19.0 Å². The van der Waals surface area contributed by atoms with Crippen molar-refractivity contribution in [3.8, 4) is 22.5 Å². The number of amides is 1. The lowest BCUT2D eigenvalue weighted by Crippen LogP contribution is -2.48. The van der Waals surface area contributed by atoms with Crippen molar-refractivity contribution in [1.82, 2.24) is 25.3 Å². The Morgan fingerprint density at radius 1 is 1.26 bits per heavy atom. The molecular formula is C24H23ClFN5O3. The second-order valence-electron chi connectivity index (χ2n) is 7.60. The maximum atomic E-state index is 15.0. The van der Waals surface area contributed by atoms with Crippen molar-refractivity contribution >= 4 is 17.5 Å². The summed E-state index contributed by atoms with van der Waals surface area (Å²) in [7, 11) is 1.44. The van der Waals surface area contributed by atoms with Crippen LogP contribution in [-0.4, -0.2) is 56.9 Å². The van der Waals surface area contributed by atoms with Crippen molar-refractivity contribution in [2.75, 3.05) is 13.7 Å². The van der Waals surface area contributed by atoms with Crippen LogP contribution >= 0.6 is 11.6 Å². The highest BCUT2D eigenvalue weighted by Crippen LogP contribution is 2.29. The number of H-pyrrole nitrogens is 1. The number of carbonyl (C=O) groups is 1. The van der Waals surface area contributed by atoms with Gasteiger partial charge in [-0.25, -0.2) is 4.39 Å². The third-order valence-corrected chi connectivity index (χ3v) is 5.69. The van der Waals surface area contributed by atoms with Crippen molar-refractivity contribution in [3.63, 3.8) is 0 Å². The summed E-state index contributed by atoms with van der Waals surface area (Å²) in [4.78, 5) is 13.3. The second-order valence-corrected chi connectivity index (χ2v) is 8.04. The lowest BCUT2D eigenvalue weighted by atomic mass is 10.0. The zero-order chi connectivity index (χ0) is 24.1. The molecule has 4 rings (SSSR count). The van der Waals surface area contributed by atoms with E-state index >= 15 is 0 Å². The summed E-state index contributed by atoms with van der Waals surface area (Å²) in [5.74, 6) is -1.10. The van der Waals surface area contributed by atoms with Gasteiger partial charge in [0.1, 0.15) is 11.9 Å². The van der Waals surface area contributed by atoms with E-state index in [1.165, 1.54) is 25.3 Å². The Morgan fingerprint density at radius 3 is 2.74 bits per heavy atom. The number of aliphatic hydroxyl groups is 1. The SMILES string of the molecule is CO[C@H](CO)[C@@H](Cn1cccn1)NC(=O)c1cccc(F)c1-c1cc(-c2ccc(Cl)cc2)n[nH]1. The topological polar surface area (TPSA) is 105 Å². The molecule has 3 N–H and O–H groups in total. The molecule has 0 saturated carbocycles. The predicted octanol–water partition coefficient (Wildman–Crippen LogP) is 3.54. The molecule has 0 bridgehead atoms. The van der Waals surface area contributed by atoms with E-state index in [1.807, 2.05) is 0 Å². The third kappa shape index (κ3) is 5.17. The molecule has 0 fully saturated rings. The fourth-order valence-corrected chi connectivity index (χ4v) is 3.81. The number of halogens is 2. The van der Waals surface area contributed by atoms with Crippen LogP contribution in [0, 0.1) is 5.82 Å². The summed E-state index contributed by atoms with van der Waals surface area (Å²) in [6.07, 6.45) is 2.66. The fourth-order valence-electron chi connectivity index (χ4n) is 3.68. The number of ether oxygens (including phenoxy) is 1. The summed E-state index contributed by atoms with van der Waals surface area (Å²) >= 11 is 5.95. The number of aromatic nitrogens is 4. The van der Waals surface area contributed by atoms with Gasteiger partial charge in [-0.3, -0.25) is 14.6 Å². The molecule has 0 radical (unpaired) electrons. The van der Waals surface area contributed by atoms with Crippen molar-refractivity contribution in [2.45, 2.75) is 18.7 Å². The van der Waals surface area contributed by atoms with E-state index in [9.17, 15) is 14.3 Å². The zero-order valence-corrected chi connectivity index (χ0v) is 19.0. The van der Waals surface area contributed by atoms with Crippen molar-refractivity contribution in [3.05, 3.63) is 83.4 Å². The Bertz CT molecular complexity index is 1240. The first-order valence-electron chi connectivity index (χ1n) is 10.5. The van der Waals surface area contributed by atoms with Gasteiger partial charge in [0.2, 0.25) is 0 Å². The van der Waals surface area contributed by atoms with Crippen molar-refractivity contribution in [1.29, 1.82) is 0 Å². The highest BCUT2D eigenvalue weighted by Gasteiger charge is 2.26. The molecule has 176 valence electrons. The number of hydrogen-bond donors (Lipinski definition) is 3. The molecule has 0 aliphatic rings. The molecule has 8 nitrogen and oxygen atoms in total. The van der Waals surface area contributed by atoms with Crippen LogP contribution in [0.5, 0.6) is 0 Å². The number of nitrogens with one attached hydrogen (secondary N) is 2. The molecule has 2 heterocycles. The van der Waals surface area contributed by atoms with Crippen LogP contribution in [0.1, 0.15) is 10.4 Å². The predicted molar refractivity (Wildman–Crippen MR) is 126 cm³/mol. The molecule has 0 unspecified atom stereocenters. The zero-order valence-electron chi connectivity index (χ0n) is 18.3. The summed E-state index contributed by atoms with van der Waals surface area (Å²) < 4.78 is 21.9. The Labute approximate surface area is 200 Å². The van der Waals surface area contributed by atoms with E-state index < -0.39 is 23.9 Å². The molecule has 2 atom stereocenters. The van der Waals surface area contributed by atoms with Crippen LogP contribution in [-0.2, 0) is 11.3 Å². The molecule has 0 spiro atoms. The molecule has 4 aromatic rings. The molecule has 1 amide bonds. The van der Waals surface area contributed by atoms with Gasteiger partial charge < -0.3 is 15.2 Å². The fraction of sp³-hybridized carbons (Fsp3) is 0.208. The number of carbonyl (C=O) groups excluding carboxylic acids is 1. The van der Waals surface area contributed by atoms with E-state index in [0.29, 0.717) is 16.4 Å². The van der Waals surface area contributed by atoms with Gasteiger partial charge in [-0.15, -0.1) is 0 Å². The highest BCUT2D eigenvalue weighted by atomic mass is 35.5. The molecular weight excluding hydrogens is 461 g/mol. The largest absolute Gasteiger partial charge is 0.394 e. The lowest BCUT2D eigenvalue weighted by molar-refractivity contribution is 0.0167. The first-order valence-corrected chi connectivity index (χ1v) is 10.9. The summed E-state index contributed by atoms with van der Waals surface area (Å²) in [6.45, 7) is -0.0586. The Balaban J connectivity index is 1.64. The molecule has 2 aromatic heterocycles. The van der Waals surface area contributed by atoms with Gasteiger partial charge in [-0.1, -0.05) is 29.8 Å². The minimum absolute atomic E-state index is 0.0866. The first kappa shape index (κ1) is 23.6. The van der Waals surface area contributed by atoms with E-state index in [0.717, 1.165) is 5.56 Å². The van der Waals surface area contributed by atoms with Gasteiger partial charge >= 0.3 is 0 Å². The second kappa shape index (κ2) is 10.6. The molecule has 0 aliphatic carbocycles. The molecule has 0 aliphatic heterocycles. The van der Waals surface area contributed by atoms with Crippen LogP contribution in [0.15, 0.2) is 67.0 Å². The molecule has 10 heteroatoms. The number of benzene rings is 2. The van der Waals surface area contributed by atoms with E-state index in [2.05, 4.69) is 20.6 Å². The summed E-state index contributed by atoms with van der Waals surface area (Å²) in [5.41, 5.74) is 1.92. The molecule has 2 aromatic carbocycles. The van der Waals surface area contributed by atoms with Crippen LogP contribution in [0.3, 0.4) is 0 Å². The number of rotatable bonds is 9. The smallest absolute Gasteiger partial charge is 0.252 e. The quantitative estimate of drug-likeness (QED) is 0.338. The van der Waals surface area contributed by atoms with Gasteiger partial charge in [-0.05, 0) is 36.4 Å². The average molecular weight is 484 g/mol. The van der Waals surface area contributed by atoms with Crippen molar-refractivity contribution in [2.24, 2.45) is 0 Å². The molecule has 0 saturated heterocycles. The van der Waals surface area contributed by atoms with Gasteiger partial charge in [0.25, 0.3) is 5.91 Å². The summed E-state index contributed by atoms with van der Waals surface area (Å²) in [6, 6.07) is 14.2. The number of methoxy groups -OCH3 is 1.